The van der Waals surface area contributed by atoms with Crippen LogP contribution in [0.15, 0.2) is 12.3 Å². The van der Waals surface area contributed by atoms with E-state index >= 15 is 0 Å². The van der Waals surface area contributed by atoms with E-state index in [4.69, 9.17) is 5.26 Å². The summed E-state index contributed by atoms with van der Waals surface area (Å²) >= 11 is 0. The Balaban J connectivity index is 1.77. The predicted molar refractivity (Wildman–Crippen MR) is 75.1 cm³/mol. The molecule has 100 valence electrons. The van der Waals surface area contributed by atoms with E-state index in [1.807, 2.05) is 6.92 Å². The minimum Gasteiger partial charge on any atom is -0.356 e. The molecule has 0 bridgehead atoms. The zero-order valence-electron chi connectivity index (χ0n) is 11.4. The molecular formula is C15H20N4. The van der Waals surface area contributed by atoms with Crippen molar-refractivity contribution in [2.24, 2.45) is 5.41 Å². The summed E-state index contributed by atoms with van der Waals surface area (Å²) < 4.78 is 0. The van der Waals surface area contributed by atoms with Crippen LogP contribution in [0, 0.1) is 23.7 Å². The third kappa shape index (κ3) is 2.31. The molecule has 2 aliphatic heterocycles. The third-order valence-electron chi connectivity index (χ3n) is 4.64. The highest BCUT2D eigenvalue weighted by Crippen LogP contribution is 2.40. The highest BCUT2D eigenvalue weighted by atomic mass is 15.2. The number of nitrogens with zero attached hydrogens (tertiary/aromatic N) is 3. The van der Waals surface area contributed by atoms with E-state index in [0.29, 0.717) is 11.0 Å². The Kier molecular flexibility index (Phi) is 3.16. The largest absolute Gasteiger partial charge is 0.356 e. The van der Waals surface area contributed by atoms with Crippen LogP contribution in [-0.4, -0.2) is 31.2 Å². The summed E-state index contributed by atoms with van der Waals surface area (Å²) in [4.78, 5) is 6.85. The van der Waals surface area contributed by atoms with Crippen LogP contribution in [0.1, 0.15) is 30.4 Å². The van der Waals surface area contributed by atoms with Crippen molar-refractivity contribution in [3.8, 4) is 6.07 Å². The first kappa shape index (κ1) is 12.4. The van der Waals surface area contributed by atoms with Crippen molar-refractivity contribution in [1.82, 2.24) is 10.3 Å². The summed E-state index contributed by atoms with van der Waals surface area (Å²) in [6.07, 6.45) is 5.53. The minimum atomic E-state index is 0.495. The van der Waals surface area contributed by atoms with E-state index < -0.39 is 0 Å². The fraction of sp³-hybridized carbons (Fsp3) is 0.600. The van der Waals surface area contributed by atoms with Gasteiger partial charge >= 0.3 is 0 Å². The fourth-order valence-corrected chi connectivity index (χ4v) is 3.33. The van der Waals surface area contributed by atoms with Crippen molar-refractivity contribution in [2.45, 2.75) is 26.2 Å². The van der Waals surface area contributed by atoms with Gasteiger partial charge in [0, 0.05) is 19.3 Å². The van der Waals surface area contributed by atoms with Gasteiger partial charge in [0.15, 0.2) is 0 Å². The number of hydrogen-bond acceptors (Lipinski definition) is 4. The summed E-state index contributed by atoms with van der Waals surface area (Å²) in [5.41, 5.74) is 2.20. The molecule has 0 aromatic carbocycles. The molecule has 0 saturated carbocycles. The normalized spacial score (nSPS) is 21.6. The van der Waals surface area contributed by atoms with Crippen LogP contribution in [0.25, 0.3) is 0 Å². The van der Waals surface area contributed by atoms with Crippen LogP contribution in [0.2, 0.25) is 0 Å². The second-order valence-electron chi connectivity index (χ2n) is 5.89. The van der Waals surface area contributed by atoms with Crippen molar-refractivity contribution in [3.05, 3.63) is 23.4 Å². The van der Waals surface area contributed by atoms with Crippen molar-refractivity contribution in [1.29, 1.82) is 5.26 Å². The van der Waals surface area contributed by atoms with Crippen LogP contribution in [0.3, 0.4) is 0 Å². The lowest BCUT2D eigenvalue weighted by atomic mass is 9.78. The molecule has 0 radical (unpaired) electrons. The lowest BCUT2D eigenvalue weighted by Gasteiger charge is -2.33. The summed E-state index contributed by atoms with van der Waals surface area (Å²) in [5, 5.41) is 12.4. The lowest BCUT2D eigenvalue weighted by molar-refractivity contribution is 0.232. The first-order valence-electron chi connectivity index (χ1n) is 7.05. The van der Waals surface area contributed by atoms with Crippen molar-refractivity contribution in [2.75, 3.05) is 31.1 Å². The molecule has 0 atom stereocenters. The Morgan fingerprint density at radius 3 is 2.84 bits per heavy atom. The Morgan fingerprint density at radius 1 is 1.37 bits per heavy atom. The first-order chi connectivity index (χ1) is 9.22. The number of nitriles is 1. The lowest BCUT2D eigenvalue weighted by Crippen LogP contribution is -2.38. The van der Waals surface area contributed by atoms with E-state index in [-0.39, 0.29) is 0 Å². The molecule has 4 nitrogen and oxygen atoms in total. The first-order valence-corrected chi connectivity index (χ1v) is 7.05. The quantitative estimate of drug-likeness (QED) is 0.833. The van der Waals surface area contributed by atoms with Crippen LogP contribution in [0.5, 0.6) is 0 Å². The van der Waals surface area contributed by atoms with E-state index in [2.05, 4.69) is 27.3 Å². The van der Waals surface area contributed by atoms with Gasteiger partial charge in [-0.1, -0.05) is 0 Å². The average molecular weight is 256 g/mol. The summed E-state index contributed by atoms with van der Waals surface area (Å²) in [5.74, 6) is 1.03. The predicted octanol–water partition coefficient (Wildman–Crippen LogP) is 1.84. The van der Waals surface area contributed by atoms with Gasteiger partial charge in [-0.3, -0.25) is 0 Å². The molecule has 3 heterocycles. The molecule has 2 fully saturated rings. The molecule has 0 unspecified atom stereocenters. The maximum Gasteiger partial charge on any atom is 0.128 e. The number of hydrogen-bond donors (Lipinski definition) is 1. The molecule has 3 rings (SSSR count). The second-order valence-corrected chi connectivity index (χ2v) is 5.89. The van der Waals surface area contributed by atoms with E-state index in [0.717, 1.165) is 37.6 Å². The number of anilines is 1. The van der Waals surface area contributed by atoms with Crippen molar-refractivity contribution >= 4 is 5.82 Å². The number of aromatic nitrogens is 1. The maximum absolute atomic E-state index is 8.96. The molecular weight excluding hydrogens is 236 g/mol. The topological polar surface area (TPSA) is 52.0 Å². The molecule has 2 aliphatic rings. The number of pyridine rings is 1. The van der Waals surface area contributed by atoms with Gasteiger partial charge in [0.25, 0.3) is 0 Å². The van der Waals surface area contributed by atoms with Gasteiger partial charge < -0.3 is 10.2 Å². The van der Waals surface area contributed by atoms with Gasteiger partial charge in [0.05, 0.1) is 5.56 Å². The van der Waals surface area contributed by atoms with Crippen LogP contribution >= 0.6 is 0 Å². The zero-order valence-corrected chi connectivity index (χ0v) is 11.4. The van der Waals surface area contributed by atoms with E-state index in [1.54, 1.807) is 6.20 Å². The van der Waals surface area contributed by atoms with Gasteiger partial charge in [-0.05, 0) is 56.3 Å². The third-order valence-corrected chi connectivity index (χ3v) is 4.64. The zero-order chi connectivity index (χ0) is 13.3. The van der Waals surface area contributed by atoms with Gasteiger partial charge in [0.2, 0.25) is 0 Å². The molecule has 1 aromatic heterocycles. The molecule has 1 spiro atoms. The minimum absolute atomic E-state index is 0.495. The Labute approximate surface area is 114 Å². The molecule has 1 N–H and O–H groups in total. The molecule has 0 aliphatic carbocycles. The van der Waals surface area contributed by atoms with Gasteiger partial charge in [-0.25, -0.2) is 4.98 Å². The standard InChI is InChI=1S/C15H20N4/c1-12-8-14(18-10-13(12)9-16)19-7-4-15(11-19)2-5-17-6-3-15/h8,10,17H,2-7,11H2,1H3. The summed E-state index contributed by atoms with van der Waals surface area (Å²) in [6.45, 7) is 6.49. The molecule has 19 heavy (non-hydrogen) atoms. The van der Waals surface area contributed by atoms with Crippen LogP contribution in [-0.2, 0) is 0 Å². The maximum atomic E-state index is 8.96. The van der Waals surface area contributed by atoms with Crippen molar-refractivity contribution in [3.63, 3.8) is 0 Å². The Hall–Kier alpha value is -1.60. The molecule has 1 aromatic rings. The fourth-order valence-electron chi connectivity index (χ4n) is 3.33. The van der Waals surface area contributed by atoms with Crippen molar-refractivity contribution < 1.29 is 0 Å². The number of rotatable bonds is 1. The summed E-state index contributed by atoms with van der Waals surface area (Å²) in [7, 11) is 0. The van der Waals surface area contributed by atoms with Crippen LogP contribution < -0.4 is 10.2 Å². The second kappa shape index (κ2) is 4.82. The highest BCUT2D eigenvalue weighted by molar-refractivity contribution is 5.47. The Bertz CT molecular complexity index is 511. The van der Waals surface area contributed by atoms with E-state index in [1.165, 1.54) is 19.3 Å². The smallest absolute Gasteiger partial charge is 0.128 e. The highest BCUT2D eigenvalue weighted by Gasteiger charge is 2.39. The monoisotopic (exact) mass is 256 g/mol. The SMILES string of the molecule is Cc1cc(N2CCC3(CCNCC3)C2)ncc1C#N. The molecule has 4 heteroatoms. The van der Waals surface area contributed by atoms with Gasteiger partial charge in [-0.15, -0.1) is 0 Å². The van der Waals surface area contributed by atoms with E-state index in [9.17, 15) is 0 Å². The molecule has 2 saturated heterocycles. The average Bonchev–Trinajstić information content (AvgIpc) is 2.83. The number of nitrogens with one attached hydrogen (secondary N) is 1. The number of aryl methyl sites for hydroxylation is 1. The Morgan fingerprint density at radius 2 is 2.16 bits per heavy atom. The van der Waals surface area contributed by atoms with Crippen LogP contribution in [0.4, 0.5) is 5.82 Å². The van der Waals surface area contributed by atoms with Gasteiger partial charge in [-0.2, -0.15) is 5.26 Å². The molecule has 0 amide bonds. The number of piperidine rings is 1. The summed E-state index contributed by atoms with van der Waals surface area (Å²) in [6, 6.07) is 4.23. The van der Waals surface area contributed by atoms with Gasteiger partial charge in [0.1, 0.15) is 11.9 Å².